The summed E-state index contributed by atoms with van der Waals surface area (Å²) in [5, 5.41) is 2.93. The number of fused-ring (bicyclic) bond motifs is 1. The minimum atomic E-state index is -1.10. The van der Waals surface area contributed by atoms with E-state index >= 15 is 0 Å². The first-order chi connectivity index (χ1) is 13.5. The average Bonchev–Trinajstić information content (AvgIpc) is 2.69. The summed E-state index contributed by atoms with van der Waals surface area (Å²) < 4.78 is 39.0. The summed E-state index contributed by atoms with van der Waals surface area (Å²) in [5.41, 5.74) is 0.592. The molecule has 2 aromatic carbocycles. The van der Waals surface area contributed by atoms with Crippen molar-refractivity contribution in [1.29, 1.82) is 0 Å². The molecule has 1 N–H and O–H groups in total. The van der Waals surface area contributed by atoms with E-state index in [0.717, 1.165) is 24.0 Å². The van der Waals surface area contributed by atoms with E-state index in [1.165, 1.54) is 12.1 Å². The van der Waals surface area contributed by atoms with Crippen molar-refractivity contribution in [2.75, 3.05) is 43.6 Å². The molecule has 0 bridgehead atoms. The van der Waals surface area contributed by atoms with Gasteiger partial charge in [0.1, 0.15) is 24.0 Å². The second kappa shape index (κ2) is 7.39. The van der Waals surface area contributed by atoms with Gasteiger partial charge in [0, 0.05) is 37.6 Å². The maximum Gasteiger partial charge on any atom is 0.235 e. The normalized spacial score (nSPS) is 18.2. The summed E-state index contributed by atoms with van der Waals surface area (Å²) in [6, 6.07) is 8.81. The fourth-order valence-electron chi connectivity index (χ4n) is 3.90. The molecule has 1 saturated heterocycles. The molecular weight excluding hydrogens is 366 g/mol. The molecule has 2 heterocycles. The number of halogens is 2. The number of amides is 1. The third-order valence-electron chi connectivity index (χ3n) is 5.54. The van der Waals surface area contributed by atoms with Crippen LogP contribution in [0.2, 0.25) is 0 Å². The Hall–Kier alpha value is -2.67. The van der Waals surface area contributed by atoms with Crippen molar-refractivity contribution in [1.82, 2.24) is 0 Å². The first-order valence-electron chi connectivity index (χ1n) is 9.32. The molecule has 148 valence electrons. The molecule has 1 fully saturated rings. The molecule has 4 rings (SSSR count). The van der Waals surface area contributed by atoms with E-state index in [1.54, 1.807) is 6.07 Å². The van der Waals surface area contributed by atoms with Crippen molar-refractivity contribution in [3.05, 3.63) is 53.6 Å². The van der Waals surface area contributed by atoms with Gasteiger partial charge in [-0.25, -0.2) is 8.78 Å². The van der Waals surface area contributed by atoms with E-state index < -0.39 is 17.0 Å². The molecule has 0 unspecified atom stereocenters. The molecule has 2 aliphatic heterocycles. The zero-order valence-electron chi connectivity index (χ0n) is 15.6. The van der Waals surface area contributed by atoms with Gasteiger partial charge in [-0.3, -0.25) is 4.79 Å². The number of rotatable bonds is 3. The number of benzene rings is 2. The fourth-order valence-corrected chi connectivity index (χ4v) is 3.90. The van der Waals surface area contributed by atoms with Gasteiger partial charge in [-0.05, 0) is 37.1 Å². The van der Waals surface area contributed by atoms with Crippen molar-refractivity contribution in [2.24, 2.45) is 0 Å². The van der Waals surface area contributed by atoms with Crippen molar-refractivity contribution >= 4 is 17.3 Å². The van der Waals surface area contributed by atoms with E-state index in [4.69, 9.17) is 9.47 Å². The highest BCUT2D eigenvalue weighted by atomic mass is 19.1. The monoisotopic (exact) mass is 388 g/mol. The summed E-state index contributed by atoms with van der Waals surface area (Å²) in [6.07, 6.45) is 0.657. The molecule has 1 amide bonds. The minimum Gasteiger partial charge on any atom is -0.490 e. The van der Waals surface area contributed by atoms with Crippen LogP contribution < -0.4 is 15.0 Å². The van der Waals surface area contributed by atoms with Crippen LogP contribution in [0.15, 0.2) is 36.4 Å². The molecule has 5 nitrogen and oxygen atoms in total. The zero-order chi connectivity index (χ0) is 19.7. The molecule has 28 heavy (non-hydrogen) atoms. The Morgan fingerprint density at radius 2 is 1.89 bits per heavy atom. The fraction of sp³-hybridized carbons (Fsp3) is 0.381. The van der Waals surface area contributed by atoms with Crippen LogP contribution in [-0.2, 0) is 14.9 Å². The smallest absolute Gasteiger partial charge is 0.235 e. The molecule has 0 aliphatic carbocycles. The van der Waals surface area contributed by atoms with E-state index in [9.17, 15) is 13.6 Å². The van der Waals surface area contributed by atoms with Crippen molar-refractivity contribution in [2.45, 2.75) is 18.3 Å². The van der Waals surface area contributed by atoms with E-state index in [1.807, 2.05) is 19.2 Å². The van der Waals surface area contributed by atoms with Crippen LogP contribution in [0.5, 0.6) is 5.75 Å². The van der Waals surface area contributed by atoms with Crippen LogP contribution in [0.1, 0.15) is 18.4 Å². The molecule has 0 spiro atoms. The summed E-state index contributed by atoms with van der Waals surface area (Å²) in [4.78, 5) is 15.4. The van der Waals surface area contributed by atoms with Gasteiger partial charge in [-0.15, -0.1) is 0 Å². The molecule has 0 aromatic heterocycles. The predicted molar refractivity (Wildman–Crippen MR) is 102 cm³/mol. The number of carbonyl (C=O) groups is 1. The van der Waals surface area contributed by atoms with Crippen LogP contribution >= 0.6 is 0 Å². The first kappa shape index (κ1) is 18.7. The number of nitrogens with zero attached hydrogens (tertiary/aromatic N) is 1. The molecule has 0 saturated carbocycles. The van der Waals surface area contributed by atoms with Gasteiger partial charge in [0.15, 0.2) is 0 Å². The molecule has 0 radical (unpaired) electrons. The molecule has 7 heteroatoms. The third-order valence-corrected chi connectivity index (χ3v) is 5.54. The largest absolute Gasteiger partial charge is 0.490 e. The zero-order valence-corrected chi connectivity index (χ0v) is 15.6. The Kier molecular flexibility index (Phi) is 4.93. The Bertz CT molecular complexity index is 897. The van der Waals surface area contributed by atoms with E-state index in [-0.39, 0.29) is 11.5 Å². The van der Waals surface area contributed by atoms with Crippen LogP contribution in [0.4, 0.5) is 20.2 Å². The number of hydrogen-bond donors (Lipinski definition) is 1. The summed E-state index contributed by atoms with van der Waals surface area (Å²) >= 11 is 0. The Morgan fingerprint density at radius 3 is 2.64 bits per heavy atom. The van der Waals surface area contributed by atoms with Crippen molar-refractivity contribution in [3.63, 3.8) is 0 Å². The van der Waals surface area contributed by atoms with Crippen LogP contribution in [0, 0.1) is 11.6 Å². The summed E-state index contributed by atoms with van der Waals surface area (Å²) in [7, 11) is 1.96. The predicted octanol–water partition coefficient (Wildman–Crippen LogP) is 3.48. The van der Waals surface area contributed by atoms with E-state index in [2.05, 4.69) is 10.2 Å². The lowest BCUT2D eigenvalue weighted by atomic mass is 9.73. The quantitative estimate of drug-likeness (QED) is 0.875. The summed E-state index contributed by atoms with van der Waals surface area (Å²) in [5.74, 6) is -0.935. The lowest BCUT2D eigenvalue weighted by molar-refractivity contribution is -0.125. The van der Waals surface area contributed by atoms with Crippen molar-refractivity contribution in [3.8, 4) is 5.75 Å². The second-order valence-electron chi connectivity index (χ2n) is 7.23. The number of anilines is 2. The van der Waals surface area contributed by atoms with Gasteiger partial charge >= 0.3 is 0 Å². The number of likely N-dealkylation sites (N-methyl/N-ethyl adjacent to an activating group) is 1. The number of ether oxygens (including phenoxy) is 2. The molecular formula is C21H22F2N2O3. The Labute approximate surface area is 162 Å². The summed E-state index contributed by atoms with van der Waals surface area (Å²) in [6.45, 7) is 2.05. The highest BCUT2D eigenvalue weighted by Gasteiger charge is 2.43. The van der Waals surface area contributed by atoms with E-state index in [0.29, 0.717) is 38.3 Å². The molecule has 0 atom stereocenters. The standard InChI is InChI=1S/C21H22F2N2O3/c1-25-8-11-28-19-5-3-15(13-18(19)25)24-20(26)21(6-9-27-10-7-21)16-4-2-14(22)12-17(16)23/h2-5,12-13H,6-11H2,1H3,(H,24,26). The second-order valence-corrected chi connectivity index (χ2v) is 7.23. The highest BCUT2D eigenvalue weighted by Crippen LogP contribution is 2.39. The number of carbonyl (C=O) groups excluding carboxylic acids is 1. The third kappa shape index (κ3) is 3.30. The van der Waals surface area contributed by atoms with Gasteiger partial charge in [-0.1, -0.05) is 6.07 Å². The average molecular weight is 388 g/mol. The van der Waals surface area contributed by atoms with Crippen molar-refractivity contribution < 1.29 is 23.0 Å². The SMILES string of the molecule is CN1CCOc2ccc(NC(=O)C3(c4ccc(F)cc4F)CCOCC3)cc21. The van der Waals surface area contributed by atoms with Gasteiger partial charge in [0.2, 0.25) is 5.91 Å². The van der Waals surface area contributed by atoms with Gasteiger partial charge < -0.3 is 19.7 Å². The first-order valence-corrected chi connectivity index (χ1v) is 9.32. The highest BCUT2D eigenvalue weighted by molar-refractivity contribution is 5.99. The van der Waals surface area contributed by atoms with Crippen LogP contribution in [0.3, 0.4) is 0 Å². The Morgan fingerprint density at radius 1 is 1.11 bits per heavy atom. The lowest BCUT2D eigenvalue weighted by Gasteiger charge is -2.36. The maximum absolute atomic E-state index is 14.6. The minimum absolute atomic E-state index is 0.202. The molecule has 2 aromatic rings. The van der Waals surface area contributed by atoms with Gasteiger partial charge in [0.25, 0.3) is 0 Å². The number of nitrogens with one attached hydrogen (secondary N) is 1. The Balaban J connectivity index is 1.66. The van der Waals surface area contributed by atoms with Crippen LogP contribution in [-0.4, -0.2) is 39.3 Å². The van der Waals surface area contributed by atoms with Gasteiger partial charge in [-0.2, -0.15) is 0 Å². The van der Waals surface area contributed by atoms with Gasteiger partial charge in [0.05, 0.1) is 17.6 Å². The topological polar surface area (TPSA) is 50.8 Å². The molecule has 2 aliphatic rings. The lowest BCUT2D eigenvalue weighted by Crippen LogP contribution is -2.45. The van der Waals surface area contributed by atoms with Crippen LogP contribution in [0.25, 0.3) is 0 Å². The maximum atomic E-state index is 14.6. The number of hydrogen-bond acceptors (Lipinski definition) is 4.